The van der Waals surface area contributed by atoms with Crippen LogP contribution < -0.4 is 5.32 Å². The van der Waals surface area contributed by atoms with Crippen molar-refractivity contribution in [1.82, 2.24) is 5.32 Å². The second-order valence-electron chi connectivity index (χ2n) is 5.42. The largest absolute Gasteiger partial charge is 0.507 e. The van der Waals surface area contributed by atoms with E-state index < -0.39 is 0 Å². The average molecular weight is 233 g/mol. The predicted molar refractivity (Wildman–Crippen MR) is 71.3 cm³/mol. The van der Waals surface area contributed by atoms with Crippen LogP contribution in [0.3, 0.4) is 0 Å². The summed E-state index contributed by atoms with van der Waals surface area (Å²) in [6, 6.07) is 4.16. The molecule has 2 heteroatoms. The molecule has 1 aromatic rings. The molecule has 2 rings (SSSR count). The molecule has 1 aliphatic carbocycles. The summed E-state index contributed by atoms with van der Waals surface area (Å²) in [6.45, 7) is 7.10. The number of hydrogen-bond donors (Lipinski definition) is 2. The Bertz CT molecular complexity index is 379. The van der Waals surface area contributed by atoms with Crippen molar-refractivity contribution in [3.05, 3.63) is 28.8 Å². The molecule has 1 aliphatic rings. The van der Waals surface area contributed by atoms with E-state index in [2.05, 4.69) is 24.4 Å². The van der Waals surface area contributed by atoms with Gasteiger partial charge in [-0.2, -0.15) is 0 Å². The molecule has 0 aromatic heterocycles. The van der Waals surface area contributed by atoms with E-state index in [0.717, 1.165) is 17.7 Å². The molecule has 0 amide bonds. The minimum Gasteiger partial charge on any atom is -0.507 e. The van der Waals surface area contributed by atoms with Gasteiger partial charge < -0.3 is 10.4 Å². The third-order valence-corrected chi connectivity index (χ3v) is 4.21. The molecule has 1 saturated carbocycles. The lowest BCUT2D eigenvalue weighted by atomic mass is 9.75. The maximum atomic E-state index is 9.74. The second kappa shape index (κ2) is 4.69. The summed E-state index contributed by atoms with van der Waals surface area (Å²) in [5, 5.41) is 13.4. The first kappa shape index (κ1) is 12.4. The van der Waals surface area contributed by atoms with Gasteiger partial charge in [0, 0.05) is 12.1 Å². The number of hydrogen-bond acceptors (Lipinski definition) is 2. The molecule has 0 saturated heterocycles. The molecule has 0 bridgehead atoms. The van der Waals surface area contributed by atoms with Crippen molar-refractivity contribution in [2.45, 2.75) is 58.5 Å². The van der Waals surface area contributed by atoms with Crippen LogP contribution in [0.1, 0.15) is 49.3 Å². The molecule has 0 spiro atoms. The zero-order chi connectivity index (χ0) is 12.5. The van der Waals surface area contributed by atoms with Crippen LogP contribution in [0.2, 0.25) is 0 Å². The molecule has 2 nitrogen and oxygen atoms in total. The third-order valence-electron chi connectivity index (χ3n) is 4.21. The maximum absolute atomic E-state index is 9.74. The van der Waals surface area contributed by atoms with E-state index in [-0.39, 0.29) is 0 Å². The summed E-state index contributed by atoms with van der Waals surface area (Å²) < 4.78 is 0. The first-order valence-electron chi connectivity index (χ1n) is 6.60. The molecular weight excluding hydrogens is 210 g/mol. The third kappa shape index (κ3) is 2.47. The number of nitrogens with one attached hydrogen (secondary N) is 1. The molecule has 0 heterocycles. The summed E-state index contributed by atoms with van der Waals surface area (Å²) >= 11 is 0. The van der Waals surface area contributed by atoms with Gasteiger partial charge >= 0.3 is 0 Å². The Morgan fingerprint density at radius 2 is 1.82 bits per heavy atom. The fourth-order valence-electron chi connectivity index (χ4n) is 2.70. The lowest BCUT2D eigenvalue weighted by Crippen LogP contribution is -2.49. The Balaban J connectivity index is 2.04. The standard InChI is InChI=1S/C15H23NO/c1-4-15(6-5-7-15)16-10-13-8-11(2)14(17)12(3)9-13/h8-9,16-17H,4-7,10H2,1-3H3. The predicted octanol–water partition coefficient (Wildman–Crippen LogP) is 3.43. The van der Waals surface area contributed by atoms with Crippen LogP contribution >= 0.6 is 0 Å². The van der Waals surface area contributed by atoms with Gasteiger partial charge in [-0.1, -0.05) is 19.1 Å². The molecular formula is C15H23NO. The van der Waals surface area contributed by atoms with E-state index >= 15 is 0 Å². The smallest absolute Gasteiger partial charge is 0.121 e. The van der Waals surface area contributed by atoms with Crippen LogP contribution in [0.15, 0.2) is 12.1 Å². The minimum absolute atomic E-state index is 0.389. The lowest BCUT2D eigenvalue weighted by molar-refractivity contribution is 0.175. The Morgan fingerprint density at radius 3 is 2.24 bits per heavy atom. The highest BCUT2D eigenvalue weighted by Crippen LogP contribution is 2.35. The Labute approximate surface area is 104 Å². The van der Waals surface area contributed by atoms with Crippen molar-refractivity contribution >= 4 is 0 Å². The van der Waals surface area contributed by atoms with Crippen molar-refractivity contribution in [1.29, 1.82) is 0 Å². The van der Waals surface area contributed by atoms with Gasteiger partial charge in [0.25, 0.3) is 0 Å². The SMILES string of the molecule is CCC1(NCc2cc(C)c(O)c(C)c2)CCC1. The van der Waals surface area contributed by atoms with Gasteiger partial charge in [0.15, 0.2) is 0 Å². The Hall–Kier alpha value is -1.02. The highest BCUT2D eigenvalue weighted by molar-refractivity contribution is 5.42. The topological polar surface area (TPSA) is 32.3 Å². The number of aromatic hydroxyl groups is 1. The minimum atomic E-state index is 0.389. The monoisotopic (exact) mass is 233 g/mol. The van der Waals surface area contributed by atoms with E-state index in [1.165, 1.54) is 31.2 Å². The average Bonchev–Trinajstić information content (AvgIpc) is 2.25. The molecule has 1 aromatic carbocycles. The number of phenols is 1. The summed E-state index contributed by atoms with van der Waals surface area (Å²) in [4.78, 5) is 0. The van der Waals surface area contributed by atoms with Gasteiger partial charge in [-0.05, 0) is 56.2 Å². The maximum Gasteiger partial charge on any atom is 0.121 e. The highest BCUT2D eigenvalue weighted by atomic mass is 16.3. The number of benzene rings is 1. The van der Waals surface area contributed by atoms with Crippen LogP contribution in [-0.4, -0.2) is 10.6 Å². The van der Waals surface area contributed by atoms with E-state index in [9.17, 15) is 5.11 Å². The van der Waals surface area contributed by atoms with Crippen LogP contribution in [0.25, 0.3) is 0 Å². The van der Waals surface area contributed by atoms with Crippen LogP contribution in [0.4, 0.5) is 0 Å². The van der Waals surface area contributed by atoms with Crippen LogP contribution in [-0.2, 0) is 6.54 Å². The molecule has 17 heavy (non-hydrogen) atoms. The molecule has 94 valence electrons. The normalized spacial score (nSPS) is 17.8. The van der Waals surface area contributed by atoms with Gasteiger partial charge in [0.2, 0.25) is 0 Å². The summed E-state index contributed by atoms with van der Waals surface area (Å²) in [5.74, 6) is 0.433. The molecule has 0 aliphatic heterocycles. The summed E-state index contributed by atoms with van der Waals surface area (Å²) in [7, 11) is 0. The van der Waals surface area contributed by atoms with E-state index in [4.69, 9.17) is 0 Å². The van der Waals surface area contributed by atoms with E-state index in [0.29, 0.717) is 11.3 Å². The van der Waals surface area contributed by atoms with Gasteiger partial charge in [0.05, 0.1) is 0 Å². The van der Waals surface area contributed by atoms with Gasteiger partial charge in [-0.3, -0.25) is 0 Å². The van der Waals surface area contributed by atoms with Gasteiger partial charge in [-0.25, -0.2) is 0 Å². The Morgan fingerprint density at radius 1 is 1.24 bits per heavy atom. The first-order valence-corrected chi connectivity index (χ1v) is 6.60. The van der Waals surface area contributed by atoms with Crippen molar-refractivity contribution < 1.29 is 5.11 Å². The lowest BCUT2D eigenvalue weighted by Gasteiger charge is -2.42. The van der Waals surface area contributed by atoms with Crippen LogP contribution in [0.5, 0.6) is 5.75 Å². The summed E-state index contributed by atoms with van der Waals surface area (Å²) in [5.41, 5.74) is 3.61. The number of phenolic OH excluding ortho intramolecular Hbond substituents is 1. The zero-order valence-electron chi connectivity index (χ0n) is 11.1. The highest BCUT2D eigenvalue weighted by Gasteiger charge is 2.34. The molecule has 2 N–H and O–H groups in total. The van der Waals surface area contributed by atoms with Crippen molar-refractivity contribution in [3.63, 3.8) is 0 Å². The van der Waals surface area contributed by atoms with E-state index in [1.54, 1.807) is 0 Å². The molecule has 1 fully saturated rings. The molecule has 0 atom stereocenters. The zero-order valence-corrected chi connectivity index (χ0v) is 11.1. The van der Waals surface area contributed by atoms with Crippen molar-refractivity contribution in [2.75, 3.05) is 0 Å². The quantitative estimate of drug-likeness (QED) is 0.835. The first-order chi connectivity index (χ1) is 8.06. The molecule has 0 unspecified atom stereocenters. The molecule has 0 radical (unpaired) electrons. The fraction of sp³-hybridized carbons (Fsp3) is 0.600. The number of aryl methyl sites for hydroxylation is 2. The van der Waals surface area contributed by atoms with Crippen molar-refractivity contribution in [3.8, 4) is 5.75 Å². The van der Waals surface area contributed by atoms with Gasteiger partial charge in [-0.15, -0.1) is 0 Å². The fourth-order valence-corrected chi connectivity index (χ4v) is 2.70. The Kier molecular flexibility index (Phi) is 3.43. The number of rotatable bonds is 4. The second-order valence-corrected chi connectivity index (χ2v) is 5.42. The summed E-state index contributed by atoms with van der Waals surface area (Å²) in [6.07, 6.45) is 5.18. The van der Waals surface area contributed by atoms with Crippen molar-refractivity contribution in [2.24, 2.45) is 0 Å². The van der Waals surface area contributed by atoms with E-state index in [1.807, 2.05) is 13.8 Å². The van der Waals surface area contributed by atoms with Gasteiger partial charge in [0.1, 0.15) is 5.75 Å². The van der Waals surface area contributed by atoms with Crippen LogP contribution in [0, 0.1) is 13.8 Å².